The summed E-state index contributed by atoms with van der Waals surface area (Å²) in [6, 6.07) is 0. The highest BCUT2D eigenvalue weighted by molar-refractivity contribution is 6.07. The summed E-state index contributed by atoms with van der Waals surface area (Å²) in [6.07, 6.45) is 2.11. The van der Waals surface area contributed by atoms with Crippen LogP contribution in [0.25, 0.3) is 0 Å². The van der Waals surface area contributed by atoms with Crippen molar-refractivity contribution in [1.29, 1.82) is 0 Å². The Morgan fingerprint density at radius 1 is 1.35 bits per heavy atom. The molecule has 0 aromatic rings. The average molecular weight is 239 g/mol. The minimum atomic E-state index is -0.861. The van der Waals surface area contributed by atoms with Gasteiger partial charge in [0.05, 0.1) is 0 Å². The van der Waals surface area contributed by atoms with Crippen LogP contribution < -0.4 is 10.9 Å². The van der Waals surface area contributed by atoms with Crippen molar-refractivity contribution in [2.75, 3.05) is 13.1 Å². The third kappa shape index (κ3) is 2.57. The van der Waals surface area contributed by atoms with E-state index in [0.717, 1.165) is 25.9 Å². The van der Waals surface area contributed by atoms with E-state index < -0.39 is 17.7 Å². The molecule has 94 valence electrons. The van der Waals surface area contributed by atoms with Crippen molar-refractivity contribution in [3.63, 3.8) is 0 Å². The number of piperidine rings is 1. The van der Waals surface area contributed by atoms with Gasteiger partial charge in [-0.15, -0.1) is 0 Å². The molecule has 2 fully saturated rings. The standard InChI is InChI=1S/C11H17N3O3/c1-7-3-2-4-14(6-7)9(15)5-8-10(16)12-13-11(8)17/h7-8H,2-6H2,1H3,(H,12,16)(H,13,17). The van der Waals surface area contributed by atoms with Gasteiger partial charge in [0.25, 0.3) is 11.8 Å². The van der Waals surface area contributed by atoms with Gasteiger partial charge >= 0.3 is 0 Å². The molecule has 2 rings (SSSR count). The zero-order chi connectivity index (χ0) is 12.4. The van der Waals surface area contributed by atoms with Crippen LogP contribution in [0.1, 0.15) is 26.2 Å². The lowest BCUT2D eigenvalue weighted by molar-refractivity contribution is -0.139. The van der Waals surface area contributed by atoms with Crippen LogP contribution in [0.15, 0.2) is 0 Å². The molecule has 2 saturated heterocycles. The molecule has 2 aliphatic rings. The molecule has 6 nitrogen and oxygen atoms in total. The van der Waals surface area contributed by atoms with Gasteiger partial charge in [-0.25, -0.2) is 0 Å². The molecule has 3 amide bonds. The third-order valence-corrected chi connectivity index (χ3v) is 3.33. The zero-order valence-electron chi connectivity index (χ0n) is 9.86. The van der Waals surface area contributed by atoms with Gasteiger partial charge in [-0.1, -0.05) is 6.92 Å². The highest BCUT2D eigenvalue weighted by Gasteiger charge is 2.36. The average Bonchev–Trinajstić information content (AvgIpc) is 2.61. The molecule has 2 aliphatic heterocycles. The van der Waals surface area contributed by atoms with Gasteiger partial charge in [-0.05, 0) is 18.8 Å². The second kappa shape index (κ2) is 4.73. The van der Waals surface area contributed by atoms with E-state index in [1.807, 2.05) is 0 Å². The molecule has 1 unspecified atom stereocenters. The van der Waals surface area contributed by atoms with Gasteiger partial charge in [0.15, 0.2) is 0 Å². The molecular weight excluding hydrogens is 222 g/mol. The molecule has 17 heavy (non-hydrogen) atoms. The molecule has 0 radical (unpaired) electrons. The van der Waals surface area contributed by atoms with Gasteiger partial charge in [-0.2, -0.15) is 0 Å². The zero-order valence-corrected chi connectivity index (χ0v) is 9.86. The van der Waals surface area contributed by atoms with Gasteiger partial charge in [0.2, 0.25) is 5.91 Å². The molecular formula is C11H17N3O3. The predicted molar refractivity (Wildman–Crippen MR) is 59.4 cm³/mol. The van der Waals surface area contributed by atoms with Crippen molar-refractivity contribution >= 4 is 17.7 Å². The molecule has 6 heteroatoms. The Morgan fingerprint density at radius 2 is 2.00 bits per heavy atom. The van der Waals surface area contributed by atoms with E-state index in [4.69, 9.17) is 0 Å². The maximum atomic E-state index is 12.0. The maximum absolute atomic E-state index is 12.0. The number of hydrazine groups is 1. The molecule has 0 bridgehead atoms. The van der Waals surface area contributed by atoms with Crippen LogP contribution >= 0.6 is 0 Å². The summed E-state index contributed by atoms with van der Waals surface area (Å²) in [6.45, 7) is 3.57. The monoisotopic (exact) mass is 239 g/mol. The number of amides is 3. The summed E-state index contributed by atoms with van der Waals surface area (Å²) >= 11 is 0. The number of hydrogen-bond donors (Lipinski definition) is 2. The molecule has 0 spiro atoms. The number of likely N-dealkylation sites (tertiary alicyclic amines) is 1. The Labute approximate surface area is 99.7 Å². The first-order valence-corrected chi connectivity index (χ1v) is 5.95. The lowest BCUT2D eigenvalue weighted by Crippen LogP contribution is -2.41. The second-order valence-electron chi connectivity index (χ2n) is 4.82. The number of carbonyl (C=O) groups excluding carboxylic acids is 3. The normalized spacial score (nSPS) is 25.7. The summed E-state index contributed by atoms with van der Waals surface area (Å²) in [7, 11) is 0. The molecule has 0 saturated carbocycles. The molecule has 0 aromatic carbocycles. The smallest absolute Gasteiger partial charge is 0.251 e. The number of nitrogens with one attached hydrogen (secondary N) is 2. The van der Waals surface area contributed by atoms with E-state index in [2.05, 4.69) is 17.8 Å². The lowest BCUT2D eigenvalue weighted by atomic mass is 9.98. The summed E-state index contributed by atoms with van der Waals surface area (Å²) in [5, 5.41) is 0. The van der Waals surface area contributed by atoms with Gasteiger partial charge < -0.3 is 4.90 Å². The molecule has 0 aliphatic carbocycles. The fourth-order valence-electron chi connectivity index (χ4n) is 2.32. The van der Waals surface area contributed by atoms with Crippen LogP contribution in [-0.2, 0) is 14.4 Å². The van der Waals surface area contributed by atoms with E-state index in [1.54, 1.807) is 4.90 Å². The summed E-state index contributed by atoms with van der Waals surface area (Å²) < 4.78 is 0. The fraction of sp³-hybridized carbons (Fsp3) is 0.727. The number of hydrogen-bond acceptors (Lipinski definition) is 3. The van der Waals surface area contributed by atoms with E-state index in [0.29, 0.717) is 5.92 Å². The molecule has 2 N–H and O–H groups in total. The van der Waals surface area contributed by atoms with E-state index in [1.165, 1.54) is 0 Å². The van der Waals surface area contributed by atoms with Gasteiger partial charge in [0, 0.05) is 19.5 Å². The minimum absolute atomic E-state index is 0.0234. The van der Waals surface area contributed by atoms with Crippen LogP contribution in [-0.4, -0.2) is 35.7 Å². The van der Waals surface area contributed by atoms with Gasteiger partial charge in [0.1, 0.15) is 5.92 Å². The first-order valence-electron chi connectivity index (χ1n) is 5.95. The Balaban J connectivity index is 1.92. The van der Waals surface area contributed by atoms with Crippen molar-refractivity contribution in [1.82, 2.24) is 15.8 Å². The highest BCUT2D eigenvalue weighted by atomic mass is 16.2. The Hall–Kier alpha value is -1.59. The van der Waals surface area contributed by atoms with Crippen molar-refractivity contribution in [2.24, 2.45) is 11.8 Å². The van der Waals surface area contributed by atoms with Crippen LogP contribution in [0.5, 0.6) is 0 Å². The first-order chi connectivity index (χ1) is 8.08. The fourth-order valence-corrected chi connectivity index (χ4v) is 2.32. The Morgan fingerprint density at radius 3 is 2.59 bits per heavy atom. The second-order valence-corrected chi connectivity index (χ2v) is 4.82. The predicted octanol–water partition coefficient (Wildman–Crippen LogP) is -0.588. The molecule has 1 atom stereocenters. The summed E-state index contributed by atoms with van der Waals surface area (Å²) in [5.41, 5.74) is 4.45. The van der Waals surface area contributed by atoms with Crippen LogP contribution in [0.3, 0.4) is 0 Å². The quantitative estimate of drug-likeness (QED) is 0.632. The Bertz CT molecular complexity index is 340. The maximum Gasteiger partial charge on any atom is 0.251 e. The summed E-state index contributed by atoms with van der Waals surface area (Å²) in [5.74, 6) is -1.28. The SMILES string of the molecule is CC1CCCN(C(=O)CC2C(=O)NNC2=O)C1. The topological polar surface area (TPSA) is 78.5 Å². The molecule has 2 heterocycles. The van der Waals surface area contributed by atoms with Crippen molar-refractivity contribution in [3.8, 4) is 0 Å². The minimum Gasteiger partial charge on any atom is -0.342 e. The van der Waals surface area contributed by atoms with Crippen LogP contribution in [0.2, 0.25) is 0 Å². The van der Waals surface area contributed by atoms with Crippen molar-refractivity contribution < 1.29 is 14.4 Å². The van der Waals surface area contributed by atoms with E-state index in [-0.39, 0.29) is 12.3 Å². The van der Waals surface area contributed by atoms with Crippen molar-refractivity contribution in [2.45, 2.75) is 26.2 Å². The highest BCUT2D eigenvalue weighted by Crippen LogP contribution is 2.18. The largest absolute Gasteiger partial charge is 0.342 e. The van der Waals surface area contributed by atoms with Crippen molar-refractivity contribution in [3.05, 3.63) is 0 Å². The lowest BCUT2D eigenvalue weighted by Gasteiger charge is -2.31. The number of nitrogens with zero attached hydrogens (tertiary/aromatic N) is 1. The van der Waals surface area contributed by atoms with E-state index in [9.17, 15) is 14.4 Å². The number of carbonyl (C=O) groups is 3. The number of rotatable bonds is 2. The van der Waals surface area contributed by atoms with Gasteiger partial charge in [-0.3, -0.25) is 25.2 Å². The van der Waals surface area contributed by atoms with E-state index >= 15 is 0 Å². The first kappa shape index (κ1) is 11.9. The molecule has 0 aromatic heterocycles. The van der Waals surface area contributed by atoms with Crippen LogP contribution in [0.4, 0.5) is 0 Å². The summed E-state index contributed by atoms with van der Waals surface area (Å²) in [4.78, 5) is 36.3. The van der Waals surface area contributed by atoms with Crippen LogP contribution in [0, 0.1) is 11.8 Å². The Kier molecular flexibility index (Phi) is 3.31. The third-order valence-electron chi connectivity index (χ3n) is 3.33.